The van der Waals surface area contributed by atoms with E-state index in [9.17, 15) is 4.79 Å². The Morgan fingerprint density at radius 2 is 1.77 bits per heavy atom. The molecule has 0 radical (unpaired) electrons. The zero-order valence-electron chi connectivity index (χ0n) is 14.6. The molecule has 1 aromatic carbocycles. The van der Waals surface area contributed by atoms with E-state index in [-0.39, 0.29) is 29.3 Å². The van der Waals surface area contributed by atoms with Crippen LogP contribution in [0.5, 0.6) is 0 Å². The van der Waals surface area contributed by atoms with Crippen LogP contribution in [-0.2, 0) is 13.1 Å². The standard InChI is InChI=1S/C19H22N4O2.BrH/c20-19-22(12-11-21-9-3-4-10-21)15-6-1-2-7-16(15)23(19)14-17(24)18-8-5-13-25-18;/h1-2,5-8,13,20H,3-4,9-12,14H2;1H. The number of rotatable bonds is 6. The number of para-hydroxylation sites is 2. The minimum atomic E-state index is -0.114. The molecule has 3 aromatic rings. The first kappa shape index (κ1) is 18.7. The van der Waals surface area contributed by atoms with Crippen LogP contribution in [0.15, 0.2) is 47.1 Å². The van der Waals surface area contributed by atoms with Gasteiger partial charge in [0, 0.05) is 12.8 Å². The van der Waals surface area contributed by atoms with Crippen molar-refractivity contribution in [1.82, 2.24) is 9.13 Å². The summed E-state index contributed by atoms with van der Waals surface area (Å²) in [7, 11) is 0. The summed E-state index contributed by atoms with van der Waals surface area (Å²) in [6.45, 7) is 4.40. The summed E-state index contributed by atoms with van der Waals surface area (Å²) in [6, 6.07) is 11.3. The van der Waals surface area contributed by atoms with E-state index >= 15 is 0 Å². The number of Topliss-reactive ketones (excluding diaryl/α,β-unsaturated/α-hetero) is 1. The van der Waals surface area contributed by atoms with Gasteiger partial charge in [-0.15, -0.1) is 0 Å². The molecule has 0 atom stereocenters. The van der Waals surface area contributed by atoms with Gasteiger partial charge in [0.15, 0.2) is 5.76 Å². The number of furan rings is 1. The molecule has 0 bridgehead atoms. The lowest BCUT2D eigenvalue weighted by molar-refractivity contribution is -0.888. The lowest BCUT2D eigenvalue weighted by atomic mass is 10.3. The number of halogens is 1. The Hall–Kier alpha value is -2.12. The zero-order chi connectivity index (χ0) is 17.2. The lowest BCUT2D eigenvalue weighted by Crippen LogP contribution is -3.10. The maximum Gasteiger partial charge on any atom is 0.217 e. The number of hydrogen-bond acceptors (Lipinski definition) is 3. The maximum absolute atomic E-state index is 12.4. The molecule has 0 aliphatic carbocycles. The minimum absolute atomic E-state index is 0. The number of nitrogens with one attached hydrogen (secondary N) is 2. The van der Waals surface area contributed by atoms with Crippen molar-refractivity contribution in [3.05, 3.63) is 54.0 Å². The highest BCUT2D eigenvalue weighted by molar-refractivity contribution is 5.94. The number of benzene rings is 1. The van der Waals surface area contributed by atoms with E-state index in [4.69, 9.17) is 9.83 Å². The van der Waals surface area contributed by atoms with Gasteiger partial charge in [-0.2, -0.15) is 0 Å². The molecule has 0 unspecified atom stereocenters. The molecule has 4 rings (SSSR count). The van der Waals surface area contributed by atoms with Crippen molar-refractivity contribution < 1.29 is 31.1 Å². The molecular weight excluding hydrogens is 396 g/mol. The van der Waals surface area contributed by atoms with E-state index in [0.29, 0.717) is 11.4 Å². The van der Waals surface area contributed by atoms with E-state index in [1.165, 1.54) is 32.2 Å². The van der Waals surface area contributed by atoms with Gasteiger partial charge < -0.3 is 35.4 Å². The first-order chi connectivity index (χ1) is 12.2. The molecule has 1 saturated heterocycles. The normalized spacial score (nSPS) is 14.6. The monoisotopic (exact) mass is 418 g/mol. The quantitative estimate of drug-likeness (QED) is 0.458. The summed E-state index contributed by atoms with van der Waals surface area (Å²) in [5, 5.41) is 8.60. The smallest absolute Gasteiger partial charge is 0.217 e. The second-order valence-corrected chi connectivity index (χ2v) is 6.66. The molecule has 0 amide bonds. The number of fused-ring (bicyclic) bond motifs is 1. The number of hydrogen-bond donors (Lipinski definition) is 2. The largest absolute Gasteiger partial charge is 1.00 e. The van der Waals surface area contributed by atoms with Crippen LogP contribution < -0.4 is 27.5 Å². The molecule has 2 N–H and O–H groups in total. The minimum Gasteiger partial charge on any atom is -1.00 e. The van der Waals surface area contributed by atoms with Crippen LogP contribution in [0.25, 0.3) is 11.0 Å². The number of likely N-dealkylation sites (tertiary alicyclic amines) is 1. The highest BCUT2D eigenvalue weighted by atomic mass is 79.9. The average molecular weight is 419 g/mol. The first-order valence-corrected chi connectivity index (χ1v) is 8.87. The Morgan fingerprint density at radius 3 is 2.42 bits per heavy atom. The van der Waals surface area contributed by atoms with E-state index in [1.807, 2.05) is 28.8 Å². The Morgan fingerprint density at radius 1 is 1.08 bits per heavy atom. The van der Waals surface area contributed by atoms with Crippen molar-refractivity contribution in [2.75, 3.05) is 19.6 Å². The van der Waals surface area contributed by atoms with Crippen LogP contribution in [0.2, 0.25) is 0 Å². The molecule has 138 valence electrons. The number of imidazole rings is 1. The molecule has 1 aliphatic heterocycles. The van der Waals surface area contributed by atoms with E-state index in [0.717, 1.165) is 24.1 Å². The van der Waals surface area contributed by atoms with Crippen LogP contribution in [0.1, 0.15) is 23.4 Å². The van der Waals surface area contributed by atoms with E-state index in [2.05, 4.69) is 0 Å². The number of carbonyl (C=O) groups excluding carboxylic acids is 1. The van der Waals surface area contributed by atoms with Gasteiger partial charge in [-0.05, 0) is 24.3 Å². The Bertz CT molecular complexity index is 936. The zero-order valence-corrected chi connectivity index (χ0v) is 16.2. The lowest BCUT2D eigenvalue weighted by Gasteiger charge is -2.12. The second kappa shape index (κ2) is 8.05. The van der Waals surface area contributed by atoms with Crippen LogP contribution in [0.3, 0.4) is 0 Å². The van der Waals surface area contributed by atoms with Gasteiger partial charge in [-0.1, -0.05) is 12.1 Å². The van der Waals surface area contributed by atoms with Crippen LogP contribution in [-0.4, -0.2) is 34.6 Å². The summed E-state index contributed by atoms with van der Waals surface area (Å²) in [4.78, 5) is 14.0. The van der Waals surface area contributed by atoms with Gasteiger partial charge in [0.1, 0.15) is 0 Å². The molecule has 0 spiro atoms. The average Bonchev–Trinajstić information content (AvgIpc) is 3.36. The molecule has 1 aliphatic rings. The number of aromatic nitrogens is 2. The number of nitrogens with zero attached hydrogens (tertiary/aromatic N) is 2. The predicted molar refractivity (Wildman–Crippen MR) is 93.6 cm³/mol. The molecule has 1 fully saturated rings. The van der Waals surface area contributed by atoms with Crippen molar-refractivity contribution >= 4 is 16.8 Å². The third-order valence-electron chi connectivity index (χ3n) is 5.07. The highest BCUT2D eigenvalue weighted by Crippen LogP contribution is 2.13. The molecule has 2 aromatic heterocycles. The summed E-state index contributed by atoms with van der Waals surface area (Å²) >= 11 is 0. The van der Waals surface area contributed by atoms with Crippen molar-refractivity contribution in [2.45, 2.75) is 25.9 Å². The van der Waals surface area contributed by atoms with Crippen molar-refractivity contribution in [3.8, 4) is 0 Å². The molecule has 7 heteroatoms. The number of ketones is 1. The van der Waals surface area contributed by atoms with Crippen LogP contribution in [0, 0.1) is 5.41 Å². The topological polar surface area (TPSA) is 68.4 Å². The van der Waals surface area contributed by atoms with E-state index < -0.39 is 0 Å². The Balaban J connectivity index is 0.00000196. The summed E-state index contributed by atoms with van der Waals surface area (Å²) in [5.74, 6) is 0.224. The van der Waals surface area contributed by atoms with Crippen LogP contribution >= 0.6 is 0 Å². The van der Waals surface area contributed by atoms with Gasteiger partial charge in [0.2, 0.25) is 11.4 Å². The van der Waals surface area contributed by atoms with Gasteiger partial charge in [-0.25, -0.2) is 0 Å². The second-order valence-electron chi connectivity index (χ2n) is 6.66. The third kappa shape index (κ3) is 3.54. The summed E-state index contributed by atoms with van der Waals surface area (Å²) in [6.07, 6.45) is 4.10. The van der Waals surface area contributed by atoms with E-state index in [1.54, 1.807) is 21.6 Å². The fraction of sp³-hybridized carbons (Fsp3) is 0.368. The van der Waals surface area contributed by atoms with Gasteiger partial charge >= 0.3 is 0 Å². The van der Waals surface area contributed by atoms with Gasteiger partial charge in [-0.3, -0.25) is 10.2 Å². The molecular formula is C19H23BrN4O2. The third-order valence-corrected chi connectivity index (χ3v) is 5.07. The molecule has 26 heavy (non-hydrogen) atoms. The number of quaternary nitrogens is 1. The SMILES string of the molecule is N=c1n(CC[NH+]2CCCC2)c2ccccc2n1CC(=O)c1ccco1.[Br-]. The van der Waals surface area contributed by atoms with Crippen molar-refractivity contribution in [1.29, 1.82) is 5.41 Å². The summed E-state index contributed by atoms with van der Waals surface area (Å²) in [5.41, 5.74) is 2.31. The number of carbonyl (C=O) groups is 1. The maximum atomic E-state index is 12.4. The van der Waals surface area contributed by atoms with Gasteiger partial charge in [0.25, 0.3) is 0 Å². The highest BCUT2D eigenvalue weighted by Gasteiger charge is 2.18. The molecule has 6 nitrogen and oxygen atoms in total. The predicted octanol–water partition coefficient (Wildman–Crippen LogP) is -1.92. The first-order valence-electron chi connectivity index (χ1n) is 8.87. The Kier molecular flexibility index (Phi) is 5.78. The fourth-order valence-corrected chi connectivity index (χ4v) is 3.73. The van der Waals surface area contributed by atoms with Crippen molar-refractivity contribution in [2.24, 2.45) is 0 Å². The Labute approximate surface area is 162 Å². The van der Waals surface area contributed by atoms with Crippen molar-refractivity contribution in [3.63, 3.8) is 0 Å². The molecule has 3 heterocycles. The summed E-state index contributed by atoms with van der Waals surface area (Å²) < 4.78 is 9.01. The molecule has 0 saturated carbocycles. The fourth-order valence-electron chi connectivity index (χ4n) is 3.73. The van der Waals surface area contributed by atoms with Gasteiger partial charge in [0.05, 0.1) is 50.0 Å². The van der Waals surface area contributed by atoms with Crippen LogP contribution in [0.4, 0.5) is 0 Å².